The second kappa shape index (κ2) is 11.3. The number of nitrogen functional groups attached to an aromatic ring is 1. The van der Waals surface area contributed by atoms with Crippen LogP contribution in [0, 0.1) is 0 Å². The monoisotopic (exact) mass is 374 g/mol. The van der Waals surface area contributed by atoms with Crippen molar-refractivity contribution in [1.29, 1.82) is 0 Å². The Morgan fingerprint density at radius 3 is 2.67 bits per heavy atom. The fourth-order valence-corrected chi connectivity index (χ4v) is 2.26. The van der Waals surface area contributed by atoms with Gasteiger partial charge in [0.2, 0.25) is 0 Å². The lowest BCUT2D eigenvalue weighted by molar-refractivity contribution is -0.126. The average Bonchev–Trinajstić information content (AvgIpc) is 2.68. The predicted octanol–water partition coefficient (Wildman–Crippen LogP) is 1.57. The van der Waals surface area contributed by atoms with Gasteiger partial charge in [-0.15, -0.1) is 0 Å². The van der Waals surface area contributed by atoms with Crippen molar-refractivity contribution in [2.75, 3.05) is 25.2 Å². The summed E-state index contributed by atoms with van der Waals surface area (Å²) < 4.78 is 3.86. The molecule has 0 aromatic carbocycles. The Morgan fingerprint density at radius 1 is 1.44 bits per heavy atom. The molecule has 1 aliphatic carbocycles. The van der Waals surface area contributed by atoms with Crippen molar-refractivity contribution < 1.29 is 14.3 Å². The lowest BCUT2D eigenvalue weighted by Gasteiger charge is -2.17. The largest absolute Gasteiger partial charge is 0.471 e. The Labute approximate surface area is 158 Å². The number of anilines is 2. The Morgan fingerprint density at radius 2 is 2.15 bits per heavy atom. The molecular weight excluding hydrogens is 348 g/mol. The summed E-state index contributed by atoms with van der Waals surface area (Å²) in [5.41, 5.74) is 13.7. The molecule has 0 radical (unpaired) electrons. The first kappa shape index (κ1) is 21.7. The van der Waals surface area contributed by atoms with Crippen molar-refractivity contribution in [1.82, 2.24) is 10.3 Å². The molecule has 9 heteroatoms. The topological polar surface area (TPSA) is 145 Å². The highest BCUT2D eigenvalue weighted by molar-refractivity contribution is 6.02. The number of pyridine rings is 1. The lowest BCUT2D eigenvalue weighted by atomic mass is 10.0. The molecule has 1 aromatic rings. The molecule has 27 heavy (non-hydrogen) atoms. The van der Waals surface area contributed by atoms with Crippen molar-refractivity contribution >= 4 is 29.8 Å². The molecule has 0 spiro atoms. The fraction of sp³-hybridized carbons (Fsp3) is 0.333. The summed E-state index contributed by atoms with van der Waals surface area (Å²) in [5.74, 6) is 0.656. The summed E-state index contributed by atoms with van der Waals surface area (Å²) in [4.78, 5) is 29.0. The fourth-order valence-electron chi connectivity index (χ4n) is 2.26. The van der Waals surface area contributed by atoms with Crippen LogP contribution in [0.5, 0.6) is 0 Å². The van der Waals surface area contributed by atoms with E-state index in [1.807, 2.05) is 13.0 Å². The van der Waals surface area contributed by atoms with E-state index in [-0.39, 0.29) is 12.1 Å². The summed E-state index contributed by atoms with van der Waals surface area (Å²) >= 11 is 0. The van der Waals surface area contributed by atoms with E-state index < -0.39 is 0 Å². The van der Waals surface area contributed by atoms with Crippen molar-refractivity contribution in [2.45, 2.75) is 25.8 Å². The van der Waals surface area contributed by atoms with E-state index in [0.29, 0.717) is 29.4 Å². The van der Waals surface area contributed by atoms with Gasteiger partial charge in [0.1, 0.15) is 11.7 Å². The molecule has 0 bridgehead atoms. The minimum absolute atomic E-state index is 0.0777. The Bertz CT molecular complexity index is 743. The molecule has 0 aliphatic heterocycles. The minimum Gasteiger partial charge on any atom is -0.471 e. The number of ether oxygens (including phenoxy) is 1. The molecule has 1 heterocycles. The summed E-state index contributed by atoms with van der Waals surface area (Å²) in [5, 5.41) is 5.53. The van der Waals surface area contributed by atoms with Crippen LogP contribution >= 0.6 is 0 Å². The first-order valence-electron chi connectivity index (χ1n) is 8.31. The van der Waals surface area contributed by atoms with E-state index in [4.69, 9.17) is 16.3 Å². The van der Waals surface area contributed by atoms with Crippen LogP contribution in [0.2, 0.25) is 0 Å². The molecule has 0 saturated heterocycles. The quantitative estimate of drug-likeness (QED) is 0.350. The van der Waals surface area contributed by atoms with Crippen LogP contribution in [0.1, 0.15) is 25.3 Å². The Kier molecular flexibility index (Phi) is 9.07. The zero-order chi connectivity index (χ0) is 20.2. The zero-order valence-corrected chi connectivity index (χ0v) is 15.7. The van der Waals surface area contributed by atoms with Crippen molar-refractivity contribution in [3.8, 4) is 0 Å². The number of amides is 2. The molecule has 2 amide bonds. The van der Waals surface area contributed by atoms with Crippen LogP contribution in [0.25, 0.3) is 0 Å². The van der Waals surface area contributed by atoms with E-state index in [1.54, 1.807) is 13.1 Å². The normalized spacial score (nSPS) is 14.2. The second-order valence-electron chi connectivity index (χ2n) is 5.60. The number of hydrogen-bond donors (Lipinski definition) is 4. The van der Waals surface area contributed by atoms with E-state index in [0.717, 1.165) is 18.4 Å². The summed E-state index contributed by atoms with van der Waals surface area (Å²) in [6.45, 7) is 2.31. The second-order valence-corrected chi connectivity index (χ2v) is 5.60. The molecule has 1 aliphatic rings. The van der Waals surface area contributed by atoms with E-state index >= 15 is 0 Å². The maximum absolute atomic E-state index is 12.0. The lowest BCUT2D eigenvalue weighted by Crippen LogP contribution is -2.37. The summed E-state index contributed by atoms with van der Waals surface area (Å²) in [6, 6.07) is 1.14. The number of amidine groups is 1. The minimum atomic E-state index is -0.339. The van der Waals surface area contributed by atoms with Gasteiger partial charge in [-0.1, -0.05) is 18.2 Å². The van der Waals surface area contributed by atoms with Gasteiger partial charge in [-0.05, 0) is 25.3 Å². The van der Waals surface area contributed by atoms with Gasteiger partial charge in [0, 0.05) is 25.0 Å². The van der Waals surface area contributed by atoms with Gasteiger partial charge < -0.3 is 21.5 Å². The third kappa shape index (κ3) is 7.18. The Balaban J connectivity index is 0.000000828. The molecule has 1 aromatic heterocycles. The molecule has 1 unspecified atom stereocenters. The number of rotatable bonds is 5. The zero-order valence-electron chi connectivity index (χ0n) is 15.7. The molecule has 1 atom stereocenters. The van der Waals surface area contributed by atoms with Crippen LogP contribution in [0.15, 0.2) is 41.1 Å². The number of carbonyl (C=O) groups excluding carboxylic acids is 2. The third-order valence-electron chi connectivity index (χ3n) is 3.66. The van der Waals surface area contributed by atoms with Gasteiger partial charge in [-0.25, -0.2) is 9.78 Å². The SMILES string of the molecule is CN=C(N)c1cnc(NC(=O)NC(C)C2=CCCC=C2)cc1N.COC=O. The van der Waals surface area contributed by atoms with E-state index in [2.05, 4.69) is 37.5 Å². The Hall–Kier alpha value is -3.36. The van der Waals surface area contributed by atoms with Crippen molar-refractivity contribution in [3.05, 3.63) is 41.6 Å². The number of nitrogens with two attached hydrogens (primary N) is 2. The standard InChI is InChI=1S/C16H22N6O.C2H4O2/c1-10(11-6-4-3-5-7-11)21-16(23)22-14-8-13(17)12(9-20-14)15(18)19-2;1-4-2-3/h4,6-10H,3,5H2,1-2H3,(H2,18,19)(H4,17,20,21,22,23);2H,1H3. The van der Waals surface area contributed by atoms with Gasteiger partial charge in [0.15, 0.2) is 0 Å². The molecule has 9 nitrogen and oxygen atoms in total. The number of aliphatic imine (C=N–C) groups is 1. The van der Waals surface area contributed by atoms with Crippen molar-refractivity contribution in [2.24, 2.45) is 10.7 Å². The summed E-state index contributed by atoms with van der Waals surface area (Å²) in [6.07, 6.45) is 9.80. The van der Waals surface area contributed by atoms with Crippen molar-refractivity contribution in [3.63, 3.8) is 0 Å². The number of methoxy groups -OCH3 is 1. The first-order chi connectivity index (χ1) is 12.9. The van der Waals surface area contributed by atoms with Gasteiger partial charge in [-0.2, -0.15) is 0 Å². The number of urea groups is 1. The maximum Gasteiger partial charge on any atom is 0.320 e. The molecular formula is C18H26N6O3. The number of nitrogens with zero attached hydrogens (tertiary/aromatic N) is 2. The van der Waals surface area contributed by atoms with Crippen LogP contribution in [0.4, 0.5) is 16.3 Å². The van der Waals surface area contributed by atoms with Gasteiger partial charge in [0.05, 0.1) is 18.7 Å². The smallest absolute Gasteiger partial charge is 0.320 e. The number of aromatic nitrogens is 1. The molecule has 0 saturated carbocycles. The number of carbonyl (C=O) groups is 2. The molecule has 146 valence electrons. The highest BCUT2D eigenvalue weighted by Crippen LogP contribution is 2.16. The molecule has 6 N–H and O–H groups in total. The highest BCUT2D eigenvalue weighted by Gasteiger charge is 2.13. The number of allylic oxidation sites excluding steroid dienone is 2. The first-order valence-corrected chi connectivity index (χ1v) is 8.31. The molecule has 2 rings (SSSR count). The van der Waals surface area contributed by atoms with Gasteiger partial charge in [0.25, 0.3) is 6.47 Å². The van der Waals surface area contributed by atoms with Crippen LogP contribution in [-0.4, -0.2) is 43.5 Å². The molecule has 0 fully saturated rings. The van der Waals surface area contributed by atoms with E-state index in [1.165, 1.54) is 13.3 Å². The third-order valence-corrected chi connectivity index (χ3v) is 3.66. The van der Waals surface area contributed by atoms with Gasteiger partial charge >= 0.3 is 6.03 Å². The average molecular weight is 374 g/mol. The van der Waals surface area contributed by atoms with E-state index in [9.17, 15) is 4.79 Å². The number of hydrogen-bond acceptors (Lipinski definition) is 6. The van der Waals surface area contributed by atoms with Crippen LogP contribution < -0.4 is 22.1 Å². The highest BCUT2D eigenvalue weighted by atomic mass is 16.5. The maximum atomic E-state index is 12.0. The number of nitrogens with one attached hydrogen (secondary N) is 2. The van der Waals surface area contributed by atoms with Crippen LogP contribution in [-0.2, 0) is 9.53 Å². The van der Waals surface area contributed by atoms with Gasteiger partial charge in [-0.3, -0.25) is 15.1 Å². The predicted molar refractivity (Wildman–Crippen MR) is 106 cm³/mol. The summed E-state index contributed by atoms with van der Waals surface area (Å²) in [7, 11) is 2.89. The van der Waals surface area contributed by atoms with Crippen LogP contribution in [0.3, 0.4) is 0 Å².